The topological polar surface area (TPSA) is 47.6 Å². The molecule has 0 spiro atoms. The second-order valence-electron chi connectivity index (χ2n) is 5.13. The highest BCUT2D eigenvalue weighted by Crippen LogP contribution is 2.28. The lowest BCUT2D eigenvalue weighted by Crippen LogP contribution is -2.19. The molecule has 0 saturated carbocycles. The molecular weight excluding hydrogens is 224 g/mol. The number of nitrogens with two attached hydrogens (primary N) is 1. The minimum absolute atomic E-state index is 0.142. The van der Waals surface area contributed by atoms with Gasteiger partial charge in [-0.1, -0.05) is 35.4 Å². The number of hydrogen-bond acceptors (Lipinski definition) is 3. The first kappa shape index (κ1) is 11.3. The average molecular weight is 242 g/mol. The summed E-state index contributed by atoms with van der Waals surface area (Å²) in [5, 5.41) is 0. The Bertz CT molecular complexity index is 531. The molecule has 1 aliphatic carbocycles. The van der Waals surface area contributed by atoms with Crippen molar-refractivity contribution in [1.29, 1.82) is 0 Å². The first-order valence-corrected chi connectivity index (χ1v) is 6.46. The van der Waals surface area contributed by atoms with Crippen molar-refractivity contribution in [1.82, 2.24) is 0 Å². The number of aryl methyl sites for hydroxylation is 2. The van der Waals surface area contributed by atoms with Crippen LogP contribution in [0.3, 0.4) is 0 Å². The van der Waals surface area contributed by atoms with Gasteiger partial charge in [0, 0.05) is 6.42 Å². The van der Waals surface area contributed by atoms with Gasteiger partial charge in [0.15, 0.2) is 0 Å². The van der Waals surface area contributed by atoms with Crippen molar-refractivity contribution in [2.75, 3.05) is 6.54 Å². The number of benzene rings is 1. The second-order valence-corrected chi connectivity index (χ2v) is 5.13. The van der Waals surface area contributed by atoms with E-state index in [2.05, 4.69) is 36.2 Å². The number of hydrogen-bond donors (Lipinski definition) is 1. The zero-order valence-corrected chi connectivity index (χ0v) is 10.6. The summed E-state index contributed by atoms with van der Waals surface area (Å²) in [6, 6.07) is 7.01. The third-order valence-corrected chi connectivity index (χ3v) is 3.60. The molecule has 1 aromatic carbocycles. The summed E-state index contributed by atoms with van der Waals surface area (Å²) in [6.07, 6.45) is 5.64. The van der Waals surface area contributed by atoms with E-state index in [-0.39, 0.29) is 6.10 Å². The normalized spacial score (nSPS) is 21.9. The van der Waals surface area contributed by atoms with Gasteiger partial charge in [0.25, 0.3) is 6.02 Å². The van der Waals surface area contributed by atoms with Crippen molar-refractivity contribution in [2.45, 2.75) is 32.3 Å². The lowest BCUT2D eigenvalue weighted by molar-refractivity contribution is 0.220. The predicted molar refractivity (Wildman–Crippen MR) is 73.5 cm³/mol. The van der Waals surface area contributed by atoms with Crippen LogP contribution < -0.4 is 5.73 Å². The molecule has 18 heavy (non-hydrogen) atoms. The Morgan fingerprint density at radius 2 is 2.28 bits per heavy atom. The standard InChI is InChI=1S/C15H18N2O/c1-10-2-4-13-7-11(3-5-12(13)6-10)8-14-9-17-15(16)18-14/h2,4,6-7,14H,3,5,8-9H2,1H3,(H2,16,17). The highest BCUT2D eigenvalue weighted by atomic mass is 16.5. The van der Waals surface area contributed by atoms with E-state index in [4.69, 9.17) is 10.5 Å². The zero-order chi connectivity index (χ0) is 12.5. The average Bonchev–Trinajstić information content (AvgIpc) is 2.75. The molecule has 2 aliphatic rings. The Labute approximate surface area is 107 Å². The molecule has 0 amide bonds. The van der Waals surface area contributed by atoms with E-state index in [0.717, 1.165) is 19.3 Å². The molecule has 1 aliphatic heterocycles. The van der Waals surface area contributed by atoms with Crippen molar-refractivity contribution >= 4 is 12.1 Å². The van der Waals surface area contributed by atoms with Crippen LogP contribution in [0.4, 0.5) is 0 Å². The summed E-state index contributed by atoms with van der Waals surface area (Å²) in [5.74, 6) is 0. The van der Waals surface area contributed by atoms with Crippen LogP contribution in [0.1, 0.15) is 29.5 Å². The number of ether oxygens (including phenoxy) is 1. The molecule has 1 aromatic rings. The van der Waals surface area contributed by atoms with Gasteiger partial charge in [0.1, 0.15) is 6.10 Å². The van der Waals surface area contributed by atoms with E-state index in [1.54, 1.807) is 0 Å². The maximum absolute atomic E-state index is 5.53. The van der Waals surface area contributed by atoms with Crippen LogP contribution in [0.2, 0.25) is 0 Å². The quantitative estimate of drug-likeness (QED) is 0.865. The number of aliphatic imine (C=N–C) groups is 1. The summed E-state index contributed by atoms with van der Waals surface area (Å²) in [6.45, 7) is 2.84. The Hall–Kier alpha value is -1.77. The van der Waals surface area contributed by atoms with Crippen molar-refractivity contribution in [3.05, 3.63) is 40.5 Å². The van der Waals surface area contributed by atoms with E-state index >= 15 is 0 Å². The smallest absolute Gasteiger partial charge is 0.282 e. The molecule has 0 fully saturated rings. The van der Waals surface area contributed by atoms with Crippen molar-refractivity contribution < 1.29 is 4.74 Å². The van der Waals surface area contributed by atoms with E-state index in [0.29, 0.717) is 12.6 Å². The van der Waals surface area contributed by atoms with Gasteiger partial charge in [-0.05, 0) is 30.9 Å². The molecule has 0 bridgehead atoms. The maximum atomic E-state index is 5.53. The number of amidine groups is 1. The third-order valence-electron chi connectivity index (χ3n) is 3.60. The SMILES string of the molecule is Cc1ccc2c(c1)CCC(CC1CN=C(N)O1)=C2. The minimum atomic E-state index is 0.142. The summed E-state index contributed by atoms with van der Waals surface area (Å²) in [7, 11) is 0. The molecule has 0 saturated heterocycles. The third kappa shape index (κ3) is 2.26. The monoisotopic (exact) mass is 242 g/mol. The summed E-state index contributed by atoms with van der Waals surface area (Å²) in [4.78, 5) is 4.08. The van der Waals surface area contributed by atoms with Crippen molar-refractivity contribution in [2.24, 2.45) is 10.7 Å². The summed E-state index contributed by atoms with van der Waals surface area (Å²) >= 11 is 0. The minimum Gasteiger partial charge on any atom is -0.460 e. The van der Waals surface area contributed by atoms with E-state index < -0.39 is 0 Å². The second kappa shape index (κ2) is 4.48. The van der Waals surface area contributed by atoms with Crippen LogP contribution in [-0.2, 0) is 11.2 Å². The fraction of sp³-hybridized carbons (Fsp3) is 0.400. The van der Waals surface area contributed by atoms with Crippen LogP contribution >= 0.6 is 0 Å². The molecule has 2 N–H and O–H groups in total. The molecule has 3 rings (SSSR count). The van der Waals surface area contributed by atoms with Crippen LogP contribution in [0.15, 0.2) is 28.8 Å². The molecule has 1 atom stereocenters. The Morgan fingerprint density at radius 3 is 3.06 bits per heavy atom. The number of fused-ring (bicyclic) bond motifs is 1. The number of nitrogens with zero attached hydrogens (tertiary/aromatic N) is 1. The van der Waals surface area contributed by atoms with E-state index in [1.165, 1.54) is 22.3 Å². The lowest BCUT2D eigenvalue weighted by atomic mass is 9.89. The fourth-order valence-corrected chi connectivity index (χ4v) is 2.68. The van der Waals surface area contributed by atoms with Crippen molar-refractivity contribution in [3.8, 4) is 0 Å². The van der Waals surface area contributed by atoms with Gasteiger partial charge in [0.2, 0.25) is 0 Å². The highest BCUT2D eigenvalue weighted by Gasteiger charge is 2.20. The predicted octanol–water partition coefficient (Wildman–Crippen LogP) is 2.43. The molecule has 3 nitrogen and oxygen atoms in total. The van der Waals surface area contributed by atoms with Crippen LogP contribution in [0.5, 0.6) is 0 Å². The Morgan fingerprint density at radius 1 is 1.39 bits per heavy atom. The van der Waals surface area contributed by atoms with Gasteiger partial charge in [0.05, 0.1) is 6.54 Å². The van der Waals surface area contributed by atoms with Gasteiger partial charge in [-0.2, -0.15) is 0 Å². The maximum Gasteiger partial charge on any atom is 0.282 e. The lowest BCUT2D eigenvalue weighted by Gasteiger charge is -2.19. The summed E-state index contributed by atoms with van der Waals surface area (Å²) < 4.78 is 5.46. The molecule has 94 valence electrons. The first-order valence-electron chi connectivity index (χ1n) is 6.46. The Balaban J connectivity index is 1.73. The largest absolute Gasteiger partial charge is 0.460 e. The van der Waals surface area contributed by atoms with Gasteiger partial charge < -0.3 is 10.5 Å². The molecule has 0 radical (unpaired) electrons. The fourth-order valence-electron chi connectivity index (χ4n) is 2.68. The van der Waals surface area contributed by atoms with Gasteiger partial charge >= 0.3 is 0 Å². The summed E-state index contributed by atoms with van der Waals surface area (Å²) in [5.41, 5.74) is 11.1. The van der Waals surface area contributed by atoms with Gasteiger partial charge in [-0.15, -0.1) is 0 Å². The molecule has 0 aromatic heterocycles. The zero-order valence-electron chi connectivity index (χ0n) is 10.6. The Kier molecular flexibility index (Phi) is 2.82. The number of rotatable bonds is 2. The molecule has 3 heteroatoms. The van der Waals surface area contributed by atoms with E-state index in [1.807, 2.05) is 0 Å². The van der Waals surface area contributed by atoms with Crippen LogP contribution in [0.25, 0.3) is 6.08 Å². The first-order chi connectivity index (χ1) is 8.70. The highest BCUT2D eigenvalue weighted by molar-refractivity contribution is 5.73. The van der Waals surface area contributed by atoms with Gasteiger partial charge in [-0.3, -0.25) is 0 Å². The molecule has 1 unspecified atom stereocenters. The van der Waals surface area contributed by atoms with E-state index in [9.17, 15) is 0 Å². The molecular formula is C15H18N2O. The molecule has 1 heterocycles. The van der Waals surface area contributed by atoms with Crippen molar-refractivity contribution in [3.63, 3.8) is 0 Å². The van der Waals surface area contributed by atoms with Crippen LogP contribution in [0, 0.1) is 6.92 Å². The van der Waals surface area contributed by atoms with Crippen LogP contribution in [-0.4, -0.2) is 18.7 Å². The van der Waals surface area contributed by atoms with Gasteiger partial charge in [-0.25, -0.2) is 4.99 Å².